The Morgan fingerprint density at radius 1 is 1.08 bits per heavy atom. The van der Waals surface area contributed by atoms with Crippen molar-refractivity contribution in [3.8, 4) is 5.75 Å². The van der Waals surface area contributed by atoms with Gasteiger partial charge in [0.15, 0.2) is 0 Å². The van der Waals surface area contributed by atoms with Crippen LogP contribution in [0.15, 0.2) is 53.0 Å². The van der Waals surface area contributed by atoms with Gasteiger partial charge < -0.3 is 14.5 Å². The van der Waals surface area contributed by atoms with E-state index in [1.165, 1.54) is 5.56 Å². The first-order valence-corrected chi connectivity index (χ1v) is 9.36. The van der Waals surface area contributed by atoms with E-state index in [0.717, 1.165) is 48.5 Å². The Bertz CT molecular complexity index is 727. The molecule has 0 saturated carbocycles. The number of rotatable bonds is 5. The van der Waals surface area contributed by atoms with Gasteiger partial charge in [0.1, 0.15) is 5.75 Å². The predicted molar refractivity (Wildman–Crippen MR) is 104 cm³/mol. The minimum absolute atomic E-state index is 0.241. The Balaban J connectivity index is 1.50. The van der Waals surface area contributed by atoms with Crippen LogP contribution in [0.5, 0.6) is 5.75 Å². The van der Waals surface area contributed by atoms with E-state index in [2.05, 4.69) is 39.0 Å². The number of nitrogens with zero attached hydrogens (tertiary/aromatic N) is 2. The summed E-state index contributed by atoms with van der Waals surface area (Å²) in [4.78, 5) is 16.8. The van der Waals surface area contributed by atoms with Crippen LogP contribution < -0.4 is 9.64 Å². The first-order chi connectivity index (χ1) is 12.2. The molecule has 25 heavy (non-hydrogen) atoms. The predicted octanol–water partition coefficient (Wildman–Crippen LogP) is 3.74. The van der Waals surface area contributed by atoms with Crippen LogP contribution in [0.4, 0.5) is 5.69 Å². The van der Waals surface area contributed by atoms with Gasteiger partial charge in [-0.3, -0.25) is 4.79 Å². The zero-order valence-electron chi connectivity index (χ0n) is 14.5. The number of anilines is 1. The van der Waals surface area contributed by atoms with Crippen molar-refractivity contribution in [2.24, 2.45) is 0 Å². The lowest BCUT2D eigenvalue weighted by Gasteiger charge is -2.36. The zero-order valence-corrected chi connectivity index (χ0v) is 16.0. The molecule has 0 atom stereocenters. The molecule has 2 aromatic carbocycles. The van der Waals surface area contributed by atoms with Gasteiger partial charge in [-0.1, -0.05) is 34.1 Å². The molecule has 1 saturated heterocycles. The number of hydrogen-bond donors (Lipinski definition) is 0. The van der Waals surface area contributed by atoms with Gasteiger partial charge in [-0.25, -0.2) is 0 Å². The second-order valence-corrected chi connectivity index (χ2v) is 7.11. The van der Waals surface area contributed by atoms with Gasteiger partial charge in [-0.05, 0) is 36.2 Å². The number of methoxy groups -OCH3 is 1. The number of aryl methyl sites for hydroxylation is 1. The minimum atomic E-state index is 0.241. The third-order valence-electron chi connectivity index (χ3n) is 4.57. The quantitative estimate of drug-likeness (QED) is 0.763. The summed E-state index contributed by atoms with van der Waals surface area (Å²) in [6, 6.07) is 16.2. The third kappa shape index (κ3) is 4.75. The molecule has 1 fully saturated rings. The fourth-order valence-corrected chi connectivity index (χ4v) is 3.57. The van der Waals surface area contributed by atoms with Gasteiger partial charge in [0, 0.05) is 48.8 Å². The Labute approximate surface area is 157 Å². The smallest absolute Gasteiger partial charge is 0.223 e. The van der Waals surface area contributed by atoms with Gasteiger partial charge >= 0.3 is 0 Å². The molecule has 2 aromatic rings. The van der Waals surface area contributed by atoms with Crippen molar-refractivity contribution >= 4 is 27.5 Å². The molecule has 0 N–H and O–H groups in total. The minimum Gasteiger partial charge on any atom is -0.497 e. The van der Waals surface area contributed by atoms with E-state index in [-0.39, 0.29) is 5.91 Å². The summed E-state index contributed by atoms with van der Waals surface area (Å²) in [5.41, 5.74) is 2.35. The van der Waals surface area contributed by atoms with Gasteiger partial charge in [-0.2, -0.15) is 0 Å². The van der Waals surface area contributed by atoms with Crippen LogP contribution >= 0.6 is 15.9 Å². The van der Waals surface area contributed by atoms with Gasteiger partial charge in [-0.15, -0.1) is 0 Å². The molecule has 0 radical (unpaired) electrons. The average molecular weight is 403 g/mol. The van der Waals surface area contributed by atoms with Crippen molar-refractivity contribution in [2.75, 3.05) is 38.2 Å². The second-order valence-electron chi connectivity index (χ2n) is 6.20. The Kier molecular flexibility index (Phi) is 5.97. The summed E-state index contributed by atoms with van der Waals surface area (Å²) in [5, 5.41) is 0. The number of amides is 1. The largest absolute Gasteiger partial charge is 0.497 e. The Hall–Kier alpha value is -2.01. The fraction of sp³-hybridized carbons (Fsp3) is 0.350. The van der Waals surface area contributed by atoms with E-state index in [1.807, 2.05) is 35.2 Å². The standard InChI is InChI=1S/C20H23BrN2O2/c1-25-19-7-3-6-18(15-19)22-10-12-23(13-11-22)20(24)9-8-16-4-2-5-17(21)14-16/h2-7,14-15H,8-13H2,1H3. The lowest BCUT2D eigenvalue weighted by atomic mass is 10.1. The van der Waals surface area contributed by atoms with Crippen molar-refractivity contribution in [1.82, 2.24) is 4.90 Å². The maximum absolute atomic E-state index is 12.5. The maximum Gasteiger partial charge on any atom is 0.223 e. The van der Waals surface area contributed by atoms with Crippen LogP contribution in [-0.4, -0.2) is 44.1 Å². The number of carbonyl (C=O) groups excluding carboxylic acids is 1. The van der Waals surface area contributed by atoms with Crippen LogP contribution in [-0.2, 0) is 11.2 Å². The van der Waals surface area contributed by atoms with Crippen molar-refractivity contribution < 1.29 is 9.53 Å². The number of halogens is 1. The zero-order chi connectivity index (χ0) is 17.6. The molecule has 1 amide bonds. The molecule has 0 unspecified atom stereocenters. The van der Waals surface area contributed by atoms with Crippen molar-refractivity contribution in [1.29, 1.82) is 0 Å². The highest BCUT2D eigenvalue weighted by molar-refractivity contribution is 9.10. The molecule has 4 nitrogen and oxygen atoms in total. The van der Waals surface area contributed by atoms with Gasteiger partial charge in [0.2, 0.25) is 5.91 Å². The average Bonchev–Trinajstić information content (AvgIpc) is 2.66. The highest BCUT2D eigenvalue weighted by Crippen LogP contribution is 2.22. The molecule has 0 aliphatic carbocycles. The van der Waals surface area contributed by atoms with Crippen molar-refractivity contribution in [3.63, 3.8) is 0 Å². The molecule has 1 heterocycles. The topological polar surface area (TPSA) is 32.8 Å². The highest BCUT2D eigenvalue weighted by Gasteiger charge is 2.21. The molecule has 0 aromatic heterocycles. The van der Waals surface area contributed by atoms with Crippen LogP contribution in [0.1, 0.15) is 12.0 Å². The molecule has 132 valence electrons. The SMILES string of the molecule is COc1cccc(N2CCN(C(=O)CCc3cccc(Br)c3)CC2)c1. The van der Waals surface area contributed by atoms with Crippen LogP contribution in [0.2, 0.25) is 0 Å². The highest BCUT2D eigenvalue weighted by atomic mass is 79.9. The summed E-state index contributed by atoms with van der Waals surface area (Å²) in [6.45, 7) is 3.26. The van der Waals surface area contributed by atoms with E-state index in [0.29, 0.717) is 6.42 Å². The normalized spacial score (nSPS) is 14.5. The van der Waals surface area contributed by atoms with E-state index >= 15 is 0 Å². The molecule has 1 aliphatic rings. The van der Waals surface area contributed by atoms with Crippen molar-refractivity contribution in [3.05, 3.63) is 58.6 Å². The molecular formula is C20H23BrN2O2. The molecule has 0 bridgehead atoms. The third-order valence-corrected chi connectivity index (χ3v) is 5.06. The van der Waals surface area contributed by atoms with E-state index in [4.69, 9.17) is 4.74 Å². The first-order valence-electron chi connectivity index (χ1n) is 8.57. The summed E-state index contributed by atoms with van der Waals surface area (Å²) < 4.78 is 6.35. The monoisotopic (exact) mass is 402 g/mol. The first kappa shape index (κ1) is 17.8. The number of piperazine rings is 1. The maximum atomic E-state index is 12.5. The Morgan fingerprint density at radius 2 is 1.84 bits per heavy atom. The molecule has 5 heteroatoms. The molecular weight excluding hydrogens is 380 g/mol. The van der Waals surface area contributed by atoms with E-state index in [1.54, 1.807) is 7.11 Å². The number of ether oxygens (including phenoxy) is 1. The summed E-state index contributed by atoms with van der Waals surface area (Å²) in [7, 11) is 1.68. The Morgan fingerprint density at radius 3 is 2.56 bits per heavy atom. The summed E-state index contributed by atoms with van der Waals surface area (Å²) in [5.74, 6) is 1.11. The second kappa shape index (κ2) is 8.39. The lowest BCUT2D eigenvalue weighted by Crippen LogP contribution is -2.48. The van der Waals surface area contributed by atoms with Gasteiger partial charge in [0.25, 0.3) is 0 Å². The van der Waals surface area contributed by atoms with E-state index < -0.39 is 0 Å². The summed E-state index contributed by atoms with van der Waals surface area (Å²) >= 11 is 3.47. The number of benzene rings is 2. The van der Waals surface area contributed by atoms with Crippen LogP contribution in [0.25, 0.3) is 0 Å². The van der Waals surface area contributed by atoms with Gasteiger partial charge in [0.05, 0.1) is 7.11 Å². The molecule has 3 rings (SSSR count). The summed E-state index contributed by atoms with van der Waals surface area (Å²) in [6.07, 6.45) is 1.35. The number of carbonyl (C=O) groups is 1. The van der Waals surface area contributed by atoms with Crippen LogP contribution in [0.3, 0.4) is 0 Å². The van der Waals surface area contributed by atoms with Crippen molar-refractivity contribution in [2.45, 2.75) is 12.8 Å². The number of hydrogen-bond acceptors (Lipinski definition) is 3. The molecule has 1 aliphatic heterocycles. The lowest BCUT2D eigenvalue weighted by molar-refractivity contribution is -0.131. The van der Waals surface area contributed by atoms with E-state index in [9.17, 15) is 4.79 Å². The molecule has 0 spiro atoms. The fourth-order valence-electron chi connectivity index (χ4n) is 3.12. The van der Waals surface area contributed by atoms with Crippen LogP contribution in [0, 0.1) is 0 Å².